The van der Waals surface area contributed by atoms with Crippen molar-refractivity contribution >= 4 is 17.6 Å². The summed E-state index contributed by atoms with van der Waals surface area (Å²) in [6.07, 6.45) is 0. The van der Waals surface area contributed by atoms with Gasteiger partial charge in [-0.25, -0.2) is 9.18 Å². The third-order valence-corrected chi connectivity index (χ3v) is 2.53. The van der Waals surface area contributed by atoms with Crippen molar-refractivity contribution in [3.8, 4) is 0 Å². The van der Waals surface area contributed by atoms with Crippen LogP contribution in [0.5, 0.6) is 0 Å². The Labute approximate surface area is 86.3 Å². The first kappa shape index (κ1) is 11.0. The molecule has 0 bridgehead atoms. The molecule has 2 nitrogen and oxygen atoms in total. The van der Waals surface area contributed by atoms with Crippen LogP contribution < -0.4 is 0 Å². The first-order valence-electron chi connectivity index (χ1n) is 4.04. The van der Waals surface area contributed by atoms with Gasteiger partial charge >= 0.3 is 5.97 Å². The van der Waals surface area contributed by atoms with Gasteiger partial charge in [-0.2, -0.15) is 0 Å². The summed E-state index contributed by atoms with van der Waals surface area (Å²) in [5, 5.41) is 9.14. The topological polar surface area (TPSA) is 37.3 Å². The Bertz CT molecular complexity index is 374. The summed E-state index contributed by atoms with van der Waals surface area (Å²) in [4.78, 5) is 10.6. The fraction of sp³-hybridized carbons (Fsp3) is 0.300. The molecule has 1 N–H and O–H groups in total. The summed E-state index contributed by atoms with van der Waals surface area (Å²) in [5.74, 6) is -1.50. The predicted molar refractivity (Wildman–Crippen MR) is 52.3 cm³/mol. The van der Waals surface area contributed by atoms with Gasteiger partial charge in [0.2, 0.25) is 5.67 Å². The van der Waals surface area contributed by atoms with E-state index >= 15 is 0 Å². The Morgan fingerprint density at radius 2 is 2.14 bits per heavy atom. The largest absolute Gasteiger partial charge is 0.479 e. The molecule has 1 aromatic carbocycles. The first-order valence-corrected chi connectivity index (χ1v) is 4.42. The maximum atomic E-state index is 13.6. The van der Waals surface area contributed by atoms with E-state index in [-0.39, 0.29) is 5.56 Å². The van der Waals surface area contributed by atoms with Crippen LogP contribution in [0.2, 0.25) is 5.02 Å². The van der Waals surface area contributed by atoms with Gasteiger partial charge in [-0.1, -0.05) is 23.7 Å². The summed E-state index contributed by atoms with van der Waals surface area (Å²) in [6.45, 7) is 2.71. The molecule has 0 aliphatic rings. The van der Waals surface area contributed by atoms with Crippen LogP contribution in [0.25, 0.3) is 0 Å². The highest BCUT2D eigenvalue weighted by molar-refractivity contribution is 6.31. The normalized spacial score (nSPS) is 14.9. The van der Waals surface area contributed by atoms with Crippen LogP contribution in [0.1, 0.15) is 18.1 Å². The van der Waals surface area contributed by atoms with Crippen molar-refractivity contribution < 1.29 is 14.3 Å². The van der Waals surface area contributed by atoms with Gasteiger partial charge in [-0.15, -0.1) is 0 Å². The lowest BCUT2D eigenvalue weighted by Crippen LogP contribution is -2.26. The van der Waals surface area contributed by atoms with Crippen molar-refractivity contribution in [2.45, 2.75) is 19.5 Å². The van der Waals surface area contributed by atoms with Gasteiger partial charge in [0.25, 0.3) is 0 Å². The summed E-state index contributed by atoms with van der Waals surface area (Å²) in [7, 11) is 0. The molecular formula is C10H10ClFO2. The van der Waals surface area contributed by atoms with E-state index in [0.29, 0.717) is 10.6 Å². The summed E-state index contributed by atoms with van der Waals surface area (Å²) < 4.78 is 13.6. The molecule has 1 atom stereocenters. The molecule has 1 aromatic rings. The number of hydrogen-bond acceptors (Lipinski definition) is 1. The number of aryl methyl sites for hydroxylation is 1. The second kappa shape index (κ2) is 3.58. The molecule has 0 aromatic heterocycles. The van der Waals surface area contributed by atoms with E-state index in [1.807, 2.05) is 0 Å². The Balaban J connectivity index is 3.21. The van der Waals surface area contributed by atoms with Gasteiger partial charge in [0.05, 0.1) is 0 Å². The van der Waals surface area contributed by atoms with Crippen LogP contribution in [0.15, 0.2) is 18.2 Å². The second-order valence-corrected chi connectivity index (χ2v) is 3.68. The SMILES string of the molecule is Cc1cc(C(C)(F)C(=O)O)ccc1Cl. The third-order valence-electron chi connectivity index (χ3n) is 2.10. The molecule has 0 radical (unpaired) electrons. The smallest absolute Gasteiger partial charge is 0.345 e. The van der Waals surface area contributed by atoms with Crippen molar-refractivity contribution in [1.82, 2.24) is 0 Å². The number of halogens is 2. The molecule has 0 aliphatic carbocycles. The molecule has 1 unspecified atom stereocenters. The van der Waals surface area contributed by atoms with Crippen molar-refractivity contribution in [2.24, 2.45) is 0 Å². The molecular weight excluding hydrogens is 207 g/mol. The number of rotatable bonds is 2. The minimum absolute atomic E-state index is 0.104. The lowest BCUT2D eigenvalue weighted by atomic mass is 9.97. The summed E-state index contributed by atoms with van der Waals surface area (Å²) in [6, 6.07) is 4.31. The monoisotopic (exact) mass is 216 g/mol. The number of carboxylic acid groups (broad SMARTS) is 1. The van der Waals surface area contributed by atoms with Crippen LogP contribution in [0.3, 0.4) is 0 Å². The molecule has 0 aliphatic heterocycles. The van der Waals surface area contributed by atoms with Crippen molar-refractivity contribution in [2.75, 3.05) is 0 Å². The molecule has 0 amide bonds. The number of hydrogen-bond donors (Lipinski definition) is 1. The summed E-state index contributed by atoms with van der Waals surface area (Å²) in [5.41, 5.74) is -1.60. The fourth-order valence-electron chi connectivity index (χ4n) is 1.06. The van der Waals surface area contributed by atoms with Crippen LogP contribution >= 0.6 is 11.6 Å². The molecule has 0 heterocycles. The van der Waals surface area contributed by atoms with E-state index in [4.69, 9.17) is 16.7 Å². The standard InChI is InChI=1S/C10H10ClFO2/c1-6-5-7(3-4-8(6)11)10(2,12)9(13)14/h3-5H,1-2H3,(H,13,14). The Kier molecular flexibility index (Phi) is 2.81. The van der Waals surface area contributed by atoms with Gasteiger partial charge in [0, 0.05) is 10.6 Å². The predicted octanol–water partition coefficient (Wildman–Crippen LogP) is 2.92. The fourth-order valence-corrected chi connectivity index (χ4v) is 1.18. The molecule has 0 fully saturated rings. The quantitative estimate of drug-likeness (QED) is 0.826. The van der Waals surface area contributed by atoms with Gasteiger partial charge in [-0.05, 0) is 25.5 Å². The Hall–Kier alpha value is -1.09. The Morgan fingerprint density at radius 1 is 1.57 bits per heavy atom. The number of alkyl halides is 1. The van der Waals surface area contributed by atoms with Crippen LogP contribution in [-0.4, -0.2) is 11.1 Å². The minimum Gasteiger partial charge on any atom is -0.479 e. The average Bonchev–Trinajstić information content (AvgIpc) is 2.09. The van der Waals surface area contributed by atoms with E-state index < -0.39 is 11.6 Å². The van der Waals surface area contributed by atoms with Crippen molar-refractivity contribution in [3.63, 3.8) is 0 Å². The second-order valence-electron chi connectivity index (χ2n) is 3.27. The maximum Gasteiger partial charge on any atom is 0.345 e. The van der Waals surface area contributed by atoms with E-state index in [1.165, 1.54) is 18.2 Å². The minimum atomic E-state index is -2.37. The van der Waals surface area contributed by atoms with Gasteiger partial charge in [0.1, 0.15) is 0 Å². The third kappa shape index (κ3) is 1.87. The molecule has 0 spiro atoms. The number of carboxylic acids is 1. The van der Waals surface area contributed by atoms with Gasteiger partial charge in [0.15, 0.2) is 0 Å². The Morgan fingerprint density at radius 3 is 2.57 bits per heavy atom. The molecule has 76 valence electrons. The van der Waals surface area contributed by atoms with E-state index in [0.717, 1.165) is 6.92 Å². The number of benzene rings is 1. The summed E-state index contributed by atoms with van der Waals surface area (Å²) >= 11 is 5.74. The van der Waals surface area contributed by atoms with Crippen molar-refractivity contribution in [3.05, 3.63) is 34.3 Å². The van der Waals surface area contributed by atoms with Crippen LogP contribution in [0.4, 0.5) is 4.39 Å². The maximum absolute atomic E-state index is 13.6. The average molecular weight is 217 g/mol. The van der Waals surface area contributed by atoms with Crippen LogP contribution in [-0.2, 0) is 10.5 Å². The highest BCUT2D eigenvalue weighted by atomic mass is 35.5. The highest BCUT2D eigenvalue weighted by Crippen LogP contribution is 2.28. The van der Waals surface area contributed by atoms with Gasteiger partial charge < -0.3 is 5.11 Å². The molecule has 0 saturated carbocycles. The lowest BCUT2D eigenvalue weighted by molar-refractivity contribution is -0.150. The first-order chi connectivity index (χ1) is 6.35. The van der Waals surface area contributed by atoms with E-state index in [1.54, 1.807) is 6.92 Å². The van der Waals surface area contributed by atoms with E-state index in [9.17, 15) is 9.18 Å². The molecule has 4 heteroatoms. The zero-order valence-electron chi connectivity index (χ0n) is 7.84. The molecule has 0 saturated heterocycles. The zero-order valence-corrected chi connectivity index (χ0v) is 8.60. The van der Waals surface area contributed by atoms with Crippen LogP contribution in [0, 0.1) is 6.92 Å². The lowest BCUT2D eigenvalue weighted by Gasteiger charge is -2.16. The van der Waals surface area contributed by atoms with Crippen molar-refractivity contribution in [1.29, 1.82) is 0 Å². The van der Waals surface area contributed by atoms with Gasteiger partial charge in [-0.3, -0.25) is 0 Å². The highest BCUT2D eigenvalue weighted by Gasteiger charge is 2.35. The molecule has 14 heavy (non-hydrogen) atoms. The zero-order chi connectivity index (χ0) is 10.9. The van der Waals surface area contributed by atoms with E-state index in [2.05, 4.69) is 0 Å². The molecule has 1 rings (SSSR count). The number of carbonyl (C=O) groups is 1. The number of aliphatic carboxylic acids is 1.